The Balaban J connectivity index is 1.18. The summed E-state index contributed by atoms with van der Waals surface area (Å²) < 4.78 is 28.5. The summed E-state index contributed by atoms with van der Waals surface area (Å²) in [5.74, 6) is 2.57. The number of aromatic nitrogens is 2. The molecule has 4 aliphatic rings. The van der Waals surface area contributed by atoms with Crippen LogP contribution in [0.4, 0.5) is 4.79 Å². The Morgan fingerprint density at radius 2 is 1.80 bits per heavy atom. The maximum atomic E-state index is 12.5. The molecule has 0 radical (unpaired) electrons. The van der Waals surface area contributed by atoms with Crippen molar-refractivity contribution in [1.82, 2.24) is 19.8 Å². The number of hydrogen-bond acceptors (Lipinski definition) is 6. The zero-order chi connectivity index (χ0) is 28.9. The van der Waals surface area contributed by atoms with Crippen molar-refractivity contribution in [3.63, 3.8) is 0 Å². The number of aryl methyl sites for hydroxylation is 1. The molecule has 0 saturated heterocycles. The molecule has 5 rings (SSSR count). The third-order valence-corrected chi connectivity index (χ3v) is 13.4. The molecule has 226 valence electrons. The molecule has 10 atom stereocenters. The van der Waals surface area contributed by atoms with Crippen molar-refractivity contribution in [2.45, 2.75) is 116 Å². The predicted octanol–water partition coefficient (Wildman–Crippen LogP) is 4.30. The Bertz CT molecular complexity index is 1170. The van der Waals surface area contributed by atoms with Gasteiger partial charge in [-0.05, 0) is 111 Å². The SMILES string of the molecule is CC[C@H]1[C@@H](O)[C@@H]2[C@H](CC[C@]3(C)[C@@H](CCCNC(=O)NS(=O)(=O)c4cnn(CC)c4)CC[C@@H]23)[C@@]2(C)CC[C@@H](O)C[C@@H]12. The van der Waals surface area contributed by atoms with E-state index in [1.54, 1.807) is 0 Å². The summed E-state index contributed by atoms with van der Waals surface area (Å²) in [5.41, 5.74) is 0.388. The van der Waals surface area contributed by atoms with E-state index in [2.05, 4.69) is 35.9 Å². The van der Waals surface area contributed by atoms with Crippen LogP contribution >= 0.6 is 0 Å². The van der Waals surface area contributed by atoms with E-state index in [1.807, 2.05) is 6.92 Å². The first-order chi connectivity index (χ1) is 18.9. The van der Waals surface area contributed by atoms with Crippen LogP contribution in [0.2, 0.25) is 0 Å². The first kappa shape index (κ1) is 29.8. The van der Waals surface area contributed by atoms with Gasteiger partial charge in [-0.25, -0.2) is 17.9 Å². The molecule has 0 aromatic carbocycles. The number of nitrogens with one attached hydrogen (secondary N) is 2. The highest BCUT2D eigenvalue weighted by molar-refractivity contribution is 7.90. The minimum Gasteiger partial charge on any atom is -0.393 e. The maximum absolute atomic E-state index is 12.5. The van der Waals surface area contributed by atoms with Gasteiger partial charge in [0.2, 0.25) is 0 Å². The summed E-state index contributed by atoms with van der Waals surface area (Å²) in [5, 5.41) is 29.0. The minimum absolute atomic E-state index is 0.0233. The van der Waals surface area contributed by atoms with E-state index in [0.717, 1.165) is 57.8 Å². The lowest BCUT2D eigenvalue weighted by Gasteiger charge is -2.64. The van der Waals surface area contributed by atoms with Gasteiger partial charge in [0.15, 0.2) is 0 Å². The Morgan fingerprint density at radius 3 is 2.50 bits per heavy atom. The van der Waals surface area contributed by atoms with Crippen LogP contribution < -0.4 is 10.0 Å². The van der Waals surface area contributed by atoms with Crippen molar-refractivity contribution >= 4 is 16.1 Å². The monoisotopic (exact) mass is 578 g/mol. The van der Waals surface area contributed by atoms with Crippen molar-refractivity contribution < 1.29 is 23.4 Å². The van der Waals surface area contributed by atoms with Crippen molar-refractivity contribution in [2.24, 2.45) is 46.3 Å². The van der Waals surface area contributed by atoms with Crippen LogP contribution in [0.25, 0.3) is 0 Å². The van der Waals surface area contributed by atoms with Gasteiger partial charge in [-0.15, -0.1) is 0 Å². The van der Waals surface area contributed by atoms with E-state index in [0.29, 0.717) is 42.7 Å². The third-order valence-electron chi connectivity index (χ3n) is 12.1. The summed E-state index contributed by atoms with van der Waals surface area (Å²) in [6.45, 7) is 9.95. The third kappa shape index (κ3) is 5.10. The lowest BCUT2D eigenvalue weighted by molar-refractivity contribution is -0.202. The number of nitrogens with zero attached hydrogens (tertiary/aromatic N) is 2. The van der Waals surface area contributed by atoms with Gasteiger partial charge < -0.3 is 15.5 Å². The van der Waals surface area contributed by atoms with Crippen LogP contribution in [0, 0.1) is 46.3 Å². The minimum atomic E-state index is -3.95. The normalized spacial score (nSPS) is 41.0. The largest absolute Gasteiger partial charge is 0.393 e. The summed E-state index contributed by atoms with van der Waals surface area (Å²) in [7, 11) is -3.95. The van der Waals surface area contributed by atoms with E-state index in [9.17, 15) is 23.4 Å². The molecule has 0 unspecified atom stereocenters. The molecule has 2 amide bonds. The number of aliphatic hydroxyl groups is 2. The second-order valence-corrected chi connectivity index (χ2v) is 15.4. The summed E-state index contributed by atoms with van der Waals surface area (Å²) in [4.78, 5) is 12.3. The quantitative estimate of drug-likeness (QED) is 0.340. The predicted molar refractivity (Wildman–Crippen MR) is 153 cm³/mol. The van der Waals surface area contributed by atoms with Gasteiger partial charge in [-0.1, -0.05) is 27.2 Å². The van der Waals surface area contributed by atoms with E-state index in [-0.39, 0.29) is 33.9 Å². The molecule has 0 spiro atoms. The molecule has 4 fully saturated rings. The number of urea groups is 1. The van der Waals surface area contributed by atoms with E-state index >= 15 is 0 Å². The lowest BCUT2D eigenvalue weighted by Crippen LogP contribution is -2.62. The average molecular weight is 579 g/mol. The standard InChI is InChI=1S/C30H50N4O5S/c1-5-22-25-16-20(35)11-13-30(25,4)24-12-14-29(3)19(9-10-23(29)26(24)27(22)36)8-7-15-31-28(37)33-40(38,39)21-17-32-34(6-2)18-21/h17-20,22-27,35-36H,5-16H2,1-4H3,(H2,31,33,37)/t19-,20+,22+,23-,24-,25-,26-,27+,29+,30+/m0/s1. The maximum Gasteiger partial charge on any atom is 0.328 e. The Kier molecular flexibility index (Phi) is 8.36. The topological polar surface area (TPSA) is 134 Å². The molecular formula is C30H50N4O5S. The van der Waals surface area contributed by atoms with Gasteiger partial charge in [-0.3, -0.25) is 4.68 Å². The van der Waals surface area contributed by atoms with Gasteiger partial charge in [0.1, 0.15) is 4.90 Å². The molecular weight excluding hydrogens is 528 g/mol. The number of carbonyl (C=O) groups excluding carboxylic acids is 1. The number of fused-ring (bicyclic) bond motifs is 5. The highest BCUT2D eigenvalue weighted by Gasteiger charge is 2.64. The zero-order valence-corrected chi connectivity index (χ0v) is 25.5. The highest BCUT2D eigenvalue weighted by atomic mass is 32.2. The Labute approximate surface area is 239 Å². The second kappa shape index (κ2) is 11.2. The number of amides is 2. The van der Waals surface area contributed by atoms with E-state index in [4.69, 9.17) is 0 Å². The molecule has 4 aliphatic carbocycles. The highest BCUT2D eigenvalue weighted by Crippen LogP contribution is 2.69. The fourth-order valence-corrected chi connectivity index (χ4v) is 10.8. The van der Waals surface area contributed by atoms with Gasteiger partial charge in [0.25, 0.3) is 10.0 Å². The summed E-state index contributed by atoms with van der Waals surface area (Å²) in [6.07, 6.45) is 12.3. The molecule has 40 heavy (non-hydrogen) atoms. The van der Waals surface area contributed by atoms with Crippen LogP contribution in [0.3, 0.4) is 0 Å². The number of aliphatic hydroxyl groups excluding tert-OH is 2. The van der Waals surface area contributed by atoms with Crippen LogP contribution in [-0.4, -0.2) is 53.2 Å². The number of carbonyl (C=O) groups is 1. The fourth-order valence-electron chi connectivity index (χ4n) is 9.96. The van der Waals surface area contributed by atoms with Gasteiger partial charge in [0, 0.05) is 19.3 Å². The van der Waals surface area contributed by atoms with Crippen LogP contribution in [0.1, 0.15) is 91.9 Å². The first-order valence-electron chi connectivity index (χ1n) is 15.6. The van der Waals surface area contributed by atoms with Crippen LogP contribution in [-0.2, 0) is 16.6 Å². The number of rotatable bonds is 8. The summed E-state index contributed by atoms with van der Waals surface area (Å²) >= 11 is 0. The van der Waals surface area contributed by atoms with Crippen molar-refractivity contribution in [1.29, 1.82) is 0 Å². The second-order valence-electron chi connectivity index (χ2n) is 13.7. The lowest BCUT2D eigenvalue weighted by atomic mass is 9.41. The Hall–Kier alpha value is -1.65. The van der Waals surface area contributed by atoms with E-state index < -0.39 is 16.1 Å². The zero-order valence-electron chi connectivity index (χ0n) is 24.7. The molecule has 4 N–H and O–H groups in total. The van der Waals surface area contributed by atoms with Gasteiger partial charge in [-0.2, -0.15) is 5.10 Å². The van der Waals surface area contributed by atoms with Crippen molar-refractivity contribution in [2.75, 3.05) is 6.54 Å². The molecule has 1 aromatic heterocycles. The fraction of sp³-hybridized carbons (Fsp3) is 0.867. The molecule has 0 aliphatic heterocycles. The Morgan fingerprint density at radius 1 is 1.07 bits per heavy atom. The van der Waals surface area contributed by atoms with Gasteiger partial charge >= 0.3 is 6.03 Å². The van der Waals surface area contributed by atoms with Crippen molar-refractivity contribution in [3.05, 3.63) is 12.4 Å². The molecule has 4 saturated carbocycles. The molecule has 1 aromatic rings. The molecule has 0 bridgehead atoms. The number of sulfonamides is 1. The number of hydrogen-bond donors (Lipinski definition) is 4. The molecule has 1 heterocycles. The molecule has 9 nitrogen and oxygen atoms in total. The summed E-state index contributed by atoms with van der Waals surface area (Å²) in [6, 6.07) is -0.711. The van der Waals surface area contributed by atoms with Crippen LogP contribution in [0.15, 0.2) is 17.3 Å². The smallest absolute Gasteiger partial charge is 0.328 e. The van der Waals surface area contributed by atoms with Crippen LogP contribution in [0.5, 0.6) is 0 Å². The average Bonchev–Trinajstić information content (AvgIpc) is 3.53. The molecule has 10 heteroatoms. The van der Waals surface area contributed by atoms with Gasteiger partial charge in [0.05, 0.1) is 18.4 Å². The first-order valence-corrected chi connectivity index (χ1v) is 17.1. The van der Waals surface area contributed by atoms with Crippen molar-refractivity contribution in [3.8, 4) is 0 Å². The van der Waals surface area contributed by atoms with E-state index in [1.165, 1.54) is 23.5 Å².